The standard InChI is InChI=1S/C20H22O2/c1-14(2)5-4-11-20(3)12-10-17-18-13-16(21)8-6-15(18)7-9-19(17)22-20/h5-10,12-13,21H,4,11H2,1-3H3. The monoisotopic (exact) mass is 294 g/mol. The van der Waals surface area contributed by atoms with Crippen LogP contribution in [0.1, 0.15) is 39.2 Å². The number of phenols is 1. The van der Waals surface area contributed by atoms with Crippen molar-refractivity contribution in [1.82, 2.24) is 0 Å². The quantitative estimate of drug-likeness (QED) is 0.762. The second kappa shape index (κ2) is 5.53. The van der Waals surface area contributed by atoms with Crippen molar-refractivity contribution in [1.29, 1.82) is 0 Å². The van der Waals surface area contributed by atoms with Crippen molar-refractivity contribution in [2.45, 2.75) is 39.2 Å². The molecule has 1 heterocycles. The summed E-state index contributed by atoms with van der Waals surface area (Å²) in [6, 6.07) is 9.52. The summed E-state index contributed by atoms with van der Waals surface area (Å²) in [4.78, 5) is 0. The average Bonchev–Trinajstić information content (AvgIpc) is 2.46. The van der Waals surface area contributed by atoms with E-state index in [4.69, 9.17) is 4.74 Å². The van der Waals surface area contributed by atoms with Crippen LogP contribution >= 0.6 is 0 Å². The van der Waals surface area contributed by atoms with E-state index < -0.39 is 0 Å². The molecule has 1 N–H and O–H groups in total. The lowest BCUT2D eigenvalue weighted by Crippen LogP contribution is -2.31. The first-order valence-electron chi connectivity index (χ1n) is 7.74. The van der Waals surface area contributed by atoms with Gasteiger partial charge in [-0.15, -0.1) is 0 Å². The van der Waals surface area contributed by atoms with Crippen molar-refractivity contribution >= 4 is 16.8 Å². The molecule has 0 saturated heterocycles. The Morgan fingerprint density at radius 2 is 2.00 bits per heavy atom. The molecule has 0 amide bonds. The minimum Gasteiger partial charge on any atom is -0.508 e. The van der Waals surface area contributed by atoms with Crippen LogP contribution in [0.3, 0.4) is 0 Å². The number of ether oxygens (including phenoxy) is 1. The van der Waals surface area contributed by atoms with Gasteiger partial charge in [-0.05, 0) is 68.7 Å². The average molecular weight is 294 g/mol. The molecule has 22 heavy (non-hydrogen) atoms. The van der Waals surface area contributed by atoms with Crippen LogP contribution in [-0.4, -0.2) is 10.7 Å². The normalized spacial score (nSPS) is 19.6. The van der Waals surface area contributed by atoms with Gasteiger partial charge < -0.3 is 9.84 Å². The Kier molecular flexibility index (Phi) is 3.69. The molecule has 0 aliphatic carbocycles. The van der Waals surface area contributed by atoms with Gasteiger partial charge in [0.1, 0.15) is 17.1 Å². The third-order valence-electron chi connectivity index (χ3n) is 4.15. The summed E-state index contributed by atoms with van der Waals surface area (Å²) < 4.78 is 6.25. The van der Waals surface area contributed by atoms with Crippen LogP contribution in [0.15, 0.2) is 48.1 Å². The highest BCUT2D eigenvalue weighted by Gasteiger charge is 2.27. The lowest BCUT2D eigenvalue weighted by atomic mass is 9.92. The van der Waals surface area contributed by atoms with Gasteiger partial charge in [-0.1, -0.05) is 29.9 Å². The van der Waals surface area contributed by atoms with E-state index in [2.05, 4.69) is 39.0 Å². The molecule has 0 aromatic heterocycles. The van der Waals surface area contributed by atoms with Crippen molar-refractivity contribution in [3.05, 3.63) is 53.6 Å². The molecule has 1 aliphatic rings. The van der Waals surface area contributed by atoms with Crippen LogP contribution in [0.25, 0.3) is 16.8 Å². The lowest BCUT2D eigenvalue weighted by molar-refractivity contribution is 0.129. The van der Waals surface area contributed by atoms with Crippen LogP contribution in [0.2, 0.25) is 0 Å². The Hall–Kier alpha value is -2.22. The molecular formula is C20H22O2. The van der Waals surface area contributed by atoms with Gasteiger partial charge in [0.05, 0.1) is 0 Å². The van der Waals surface area contributed by atoms with Gasteiger partial charge in [-0.3, -0.25) is 0 Å². The van der Waals surface area contributed by atoms with Gasteiger partial charge >= 0.3 is 0 Å². The van der Waals surface area contributed by atoms with E-state index in [9.17, 15) is 5.11 Å². The van der Waals surface area contributed by atoms with E-state index in [0.717, 1.165) is 34.9 Å². The summed E-state index contributed by atoms with van der Waals surface area (Å²) in [5.41, 5.74) is 2.11. The molecule has 1 aliphatic heterocycles. The van der Waals surface area contributed by atoms with Gasteiger partial charge in [0, 0.05) is 5.56 Å². The number of benzene rings is 2. The summed E-state index contributed by atoms with van der Waals surface area (Å²) in [6.45, 7) is 6.36. The number of hydrogen-bond acceptors (Lipinski definition) is 2. The zero-order chi connectivity index (χ0) is 15.7. The van der Waals surface area contributed by atoms with Gasteiger partial charge in [0.2, 0.25) is 0 Å². The highest BCUT2D eigenvalue weighted by atomic mass is 16.5. The summed E-state index contributed by atoms with van der Waals surface area (Å²) >= 11 is 0. The van der Waals surface area contributed by atoms with E-state index in [1.807, 2.05) is 18.2 Å². The number of hydrogen-bond donors (Lipinski definition) is 1. The molecule has 1 atom stereocenters. The van der Waals surface area contributed by atoms with Gasteiger partial charge in [0.15, 0.2) is 0 Å². The van der Waals surface area contributed by atoms with Crippen LogP contribution in [0.4, 0.5) is 0 Å². The van der Waals surface area contributed by atoms with E-state index in [1.165, 1.54) is 5.57 Å². The summed E-state index contributed by atoms with van der Waals surface area (Å²) in [7, 11) is 0. The molecule has 114 valence electrons. The predicted octanol–water partition coefficient (Wildman–Crippen LogP) is 5.46. The second-order valence-electron chi connectivity index (χ2n) is 6.45. The second-order valence-corrected chi connectivity index (χ2v) is 6.45. The SMILES string of the molecule is CC(C)=CCCC1(C)C=Cc2c(ccc3ccc(O)cc23)O1. The van der Waals surface area contributed by atoms with Crippen molar-refractivity contribution in [3.8, 4) is 11.5 Å². The molecule has 2 heteroatoms. The number of rotatable bonds is 3. The third kappa shape index (κ3) is 2.87. The Labute approximate surface area is 131 Å². The molecule has 0 saturated carbocycles. The molecular weight excluding hydrogens is 272 g/mol. The molecule has 1 unspecified atom stereocenters. The zero-order valence-corrected chi connectivity index (χ0v) is 13.4. The van der Waals surface area contributed by atoms with Crippen molar-refractivity contribution in [2.24, 2.45) is 0 Å². The topological polar surface area (TPSA) is 29.5 Å². The summed E-state index contributed by atoms with van der Waals surface area (Å²) in [6.07, 6.45) is 8.47. The smallest absolute Gasteiger partial charge is 0.128 e. The maximum absolute atomic E-state index is 9.73. The van der Waals surface area contributed by atoms with Crippen LogP contribution < -0.4 is 4.74 Å². The van der Waals surface area contributed by atoms with Crippen LogP contribution in [0, 0.1) is 0 Å². The minimum atomic E-state index is -0.274. The number of allylic oxidation sites excluding steroid dienone is 2. The van der Waals surface area contributed by atoms with Crippen LogP contribution in [-0.2, 0) is 0 Å². The van der Waals surface area contributed by atoms with Crippen molar-refractivity contribution in [3.63, 3.8) is 0 Å². The highest BCUT2D eigenvalue weighted by molar-refractivity contribution is 5.94. The number of phenolic OH excluding ortho intramolecular Hbond substituents is 1. The predicted molar refractivity (Wildman–Crippen MR) is 92.3 cm³/mol. The molecule has 2 aromatic rings. The molecule has 2 aromatic carbocycles. The van der Waals surface area contributed by atoms with E-state index in [1.54, 1.807) is 12.1 Å². The maximum atomic E-state index is 9.73. The van der Waals surface area contributed by atoms with E-state index in [-0.39, 0.29) is 11.4 Å². The Morgan fingerprint density at radius 1 is 1.23 bits per heavy atom. The Bertz CT molecular complexity index is 767. The summed E-state index contributed by atoms with van der Waals surface area (Å²) in [5.74, 6) is 1.17. The summed E-state index contributed by atoms with van der Waals surface area (Å²) in [5, 5.41) is 11.9. The molecule has 0 radical (unpaired) electrons. The number of fused-ring (bicyclic) bond motifs is 3. The molecule has 0 fully saturated rings. The van der Waals surface area contributed by atoms with Crippen molar-refractivity contribution in [2.75, 3.05) is 0 Å². The fourth-order valence-corrected chi connectivity index (χ4v) is 2.90. The fourth-order valence-electron chi connectivity index (χ4n) is 2.90. The molecule has 0 spiro atoms. The van der Waals surface area contributed by atoms with Crippen LogP contribution in [0.5, 0.6) is 11.5 Å². The number of aromatic hydroxyl groups is 1. The largest absolute Gasteiger partial charge is 0.508 e. The molecule has 3 rings (SSSR count). The fraction of sp³-hybridized carbons (Fsp3) is 0.300. The Morgan fingerprint density at radius 3 is 2.77 bits per heavy atom. The first-order chi connectivity index (χ1) is 10.5. The van der Waals surface area contributed by atoms with Gasteiger partial charge in [-0.2, -0.15) is 0 Å². The zero-order valence-electron chi connectivity index (χ0n) is 13.4. The lowest BCUT2D eigenvalue weighted by Gasteiger charge is -2.32. The van der Waals surface area contributed by atoms with Gasteiger partial charge in [-0.25, -0.2) is 0 Å². The highest BCUT2D eigenvalue weighted by Crippen LogP contribution is 2.38. The van der Waals surface area contributed by atoms with Gasteiger partial charge in [0.25, 0.3) is 0 Å². The molecule has 0 bridgehead atoms. The van der Waals surface area contributed by atoms with E-state index in [0.29, 0.717) is 0 Å². The first kappa shape index (κ1) is 14.7. The van der Waals surface area contributed by atoms with E-state index >= 15 is 0 Å². The maximum Gasteiger partial charge on any atom is 0.128 e. The van der Waals surface area contributed by atoms with Crippen molar-refractivity contribution < 1.29 is 9.84 Å². The molecule has 2 nitrogen and oxygen atoms in total. The first-order valence-corrected chi connectivity index (χ1v) is 7.74. The Balaban J connectivity index is 1.93. The minimum absolute atomic E-state index is 0.274. The third-order valence-corrected chi connectivity index (χ3v) is 4.15.